The Balaban J connectivity index is 2.19. The smallest absolute Gasteiger partial charge is 0.255 e. The number of anilines is 1. The molecule has 0 heterocycles. The molecule has 2 N–H and O–H groups in total. The van der Waals surface area contributed by atoms with Crippen molar-refractivity contribution in [2.75, 3.05) is 5.32 Å². The van der Waals surface area contributed by atoms with Gasteiger partial charge in [0.25, 0.3) is 5.91 Å². The summed E-state index contributed by atoms with van der Waals surface area (Å²) in [5, 5.41) is 12.4. The van der Waals surface area contributed by atoms with Crippen LogP contribution in [0, 0.1) is 7.14 Å². The highest BCUT2D eigenvalue weighted by Crippen LogP contribution is 2.21. The van der Waals surface area contributed by atoms with E-state index >= 15 is 0 Å². The van der Waals surface area contributed by atoms with Crippen molar-refractivity contribution in [2.24, 2.45) is 0 Å². The molecule has 0 saturated heterocycles. The number of nitrogens with one attached hydrogen (secondary N) is 1. The van der Waals surface area contributed by atoms with E-state index in [0.29, 0.717) is 5.56 Å². The standard InChI is InChI=1S/C13H9I2NO2/c14-9-2-1-3-10(7-9)16-13(18)8-4-5-11(15)12(17)6-8/h1-7,17H,(H,16,18). The second-order valence-electron chi connectivity index (χ2n) is 3.63. The van der Waals surface area contributed by atoms with E-state index in [-0.39, 0.29) is 11.7 Å². The zero-order chi connectivity index (χ0) is 13.1. The Morgan fingerprint density at radius 1 is 1.11 bits per heavy atom. The van der Waals surface area contributed by atoms with Gasteiger partial charge in [0.1, 0.15) is 5.75 Å². The first-order chi connectivity index (χ1) is 8.56. The van der Waals surface area contributed by atoms with Crippen LogP contribution in [0.3, 0.4) is 0 Å². The van der Waals surface area contributed by atoms with Gasteiger partial charge >= 0.3 is 0 Å². The predicted molar refractivity (Wildman–Crippen MR) is 87.9 cm³/mol. The number of hydrogen-bond donors (Lipinski definition) is 2. The van der Waals surface area contributed by atoms with E-state index in [4.69, 9.17) is 0 Å². The van der Waals surface area contributed by atoms with Crippen molar-refractivity contribution in [2.45, 2.75) is 0 Å². The zero-order valence-corrected chi connectivity index (χ0v) is 13.5. The lowest BCUT2D eigenvalue weighted by Crippen LogP contribution is -2.11. The Bertz CT molecular complexity index is 599. The minimum atomic E-state index is -0.233. The summed E-state index contributed by atoms with van der Waals surface area (Å²) >= 11 is 4.19. The van der Waals surface area contributed by atoms with Crippen LogP contribution >= 0.6 is 45.2 Å². The zero-order valence-electron chi connectivity index (χ0n) is 9.15. The molecule has 2 rings (SSSR count). The molecule has 0 fully saturated rings. The number of halogens is 2. The van der Waals surface area contributed by atoms with Gasteiger partial charge in [-0.3, -0.25) is 4.79 Å². The fourth-order valence-electron chi connectivity index (χ4n) is 1.42. The maximum atomic E-state index is 12.0. The summed E-state index contributed by atoms with van der Waals surface area (Å²) in [4.78, 5) is 12.0. The number of benzene rings is 2. The summed E-state index contributed by atoms with van der Waals surface area (Å²) in [7, 11) is 0. The molecule has 2 aromatic carbocycles. The van der Waals surface area contributed by atoms with Gasteiger partial charge in [0, 0.05) is 14.8 Å². The van der Waals surface area contributed by atoms with Gasteiger partial charge in [0.05, 0.1) is 3.57 Å². The number of hydrogen-bond acceptors (Lipinski definition) is 2. The molecule has 0 aliphatic heterocycles. The summed E-state index contributed by atoms with van der Waals surface area (Å²) < 4.78 is 1.77. The molecule has 0 aromatic heterocycles. The highest BCUT2D eigenvalue weighted by Gasteiger charge is 2.08. The Labute approximate surface area is 132 Å². The monoisotopic (exact) mass is 465 g/mol. The van der Waals surface area contributed by atoms with E-state index in [1.807, 2.05) is 46.9 Å². The molecule has 0 saturated carbocycles. The Morgan fingerprint density at radius 3 is 2.56 bits per heavy atom. The van der Waals surface area contributed by atoms with Crippen molar-refractivity contribution in [1.29, 1.82) is 0 Å². The minimum absolute atomic E-state index is 0.117. The van der Waals surface area contributed by atoms with Gasteiger partial charge in [0.15, 0.2) is 0 Å². The molecule has 0 radical (unpaired) electrons. The van der Waals surface area contributed by atoms with E-state index < -0.39 is 0 Å². The first-order valence-corrected chi connectivity index (χ1v) is 7.27. The molecule has 5 heteroatoms. The number of carbonyl (C=O) groups is 1. The van der Waals surface area contributed by atoms with Crippen LogP contribution in [0.25, 0.3) is 0 Å². The molecule has 2 aromatic rings. The number of carbonyl (C=O) groups excluding carboxylic acids is 1. The predicted octanol–water partition coefficient (Wildman–Crippen LogP) is 3.85. The summed E-state index contributed by atoms with van der Waals surface area (Å²) in [6.07, 6.45) is 0. The van der Waals surface area contributed by atoms with Crippen LogP contribution in [-0.4, -0.2) is 11.0 Å². The summed E-state index contributed by atoms with van der Waals surface area (Å²) in [5.41, 5.74) is 1.18. The number of phenols is 1. The van der Waals surface area contributed by atoms with E-state index in [0.717, 1.165) is 12.8 Å². The lowest BCUT2D eigenvalue weighted by Gasteiger charge is -2.06. The number of amides is 1. The molecule has 0 aliphatic carbocycles. The summed E-state index contributed by atoms with van der Waals surface area (Å²) in [6.45, 7) is 0. The lowest BCUT2D eigenvalue weighted by atomic mass is 10.2. The molecular formula is C13H9I2NO2. The fourth-order valence-corrected chi connectivity index (χ4v) is 2.30. The van der Waals surface area contributed by atoms with Gasteiger partial charge in [-0.2, -0.15) is 0 Å². The molecule has 0 spiro atoms. The molecule has 0 unspecified atom stereocenters. The van der Waals surface area contributed by atoms with Crippen LogP contribution in [0.2, 0.25) is 0 Å². The highest BCUT2D eigenvalue weighted by atomic mass is 127. The van der Waals surface area contributed by atoms with Crippen LogP contribution in [-0.2, 0) is 0 Å². The SMILES string of the molecule is O=C(Nc1cccc(I)c1)c1ccc(I)c(O)c1. The third-order valence-electron chi connectivity index (χ3n) is 2.29. The number of aromatic hydroxyl groups is 1. The van der Waals surface area contributed by atoms with Crippen LogP contribution in [0.5, 0.6) is 5.75 Å². The molecule has 18 heavy (non-hydrogen) atoms. The maximum Gasteiger partial charge on any atom is 0.255 e. The summed E-state index contributed by atoms with van der Waals surface area (Å²) in [6, 6.07) is 12.4. The van der Waals surface area contributed by atoms with Crippen LogP contribution in [0.1, 0.15) is 10.4 Å². The van der Waals surface area contributed by atoms with Crippen molar-refractivity contribution in [3.63, 3.8) is 0 Å². The van der Waals surface area contributed by atoms with Crippen molar-refractivity contribution in [3.8, 4) is 5.75 Å². The molecule has 92 valence electrons. The lowest BCUT2D eigenvalue weighted by molar-refractivity contribution is 0.102. The van der Waals surface area contributed by atoms with Crippen molar-refractivity contribution in [3.05, 3.63) is 55.2 Å². The van der Waals surface area contributed by atoms with Gasteiger partial charge in [0.2, 0.25) is 0 Å². The summed E-state index contributed by atoms with van der Waals surface area (Å²) in [5.74, 6) is -0.116. The molecule has 0 aliphatic rings. The average molecular weight is 465 g/mol. The van der Waals surface area contributed by atoms with E-state index in [9.17, 15) is 9.90 Å². The van der Waals surface area contributed by atoms with E-state index in [1.165, 1.54) is 6.07 Å². The topological polar surface area (TPSA) is 49.3 Å². The third-order valence-corrected chi connectivity index (χ3v) is 3.87. The fraction of sp³-hybridized carbons (Fsp3) is 0. The third kappa shape index (κ3) is 3.35. The van der Waals surface area contributed by atoms with Crippen molar-refractivity contribution >= 4 is 56.8 Å². The highest BCUT2D eigenvalue weighted by molar-refractivity contribution is 14.1. The maximum absolute atomic E-state index is 12.0. The van der Waals surface area contributed by atoms with Crippen molar-refractivity contribution < 1.29 is 9.90 Å². The van der Waals surface area contributed by atoms with Gasteiger partial charge in [-0.05, 0) is 81.6 Å². The second-order valence-corrected chi connectivity index (χ2v) is 6.04. The average Bonchev–Trinajstić information content (AvgIpc) is 2.32. The van der Waals surface area contributed by atoms with Crippen LogP contribution in [0.15, 0.2) is 42.5 Å². The van der Waals surface area contributed by atoms with Gasteiger partial charge in [-0.15, -0.1) is 0 Å². The molecular weight excluding hydrogens is 456 g/mol. The first kappa shape index (κ1) is 13.6. The molecule has 1 amide bonds. The van der Waals surface area contributed by atoms with Crippen LogP contribution < -0.4 is 5.32 Å². The first-order valence-electron chi connectivity index (χ1n) is 5.12. The van der Waals surface area contributed by atoms with E-state index in [1.54, 1.807) is 12.1 Å². The Morgan fingerprint density at radius 2 is 1.89 bits per heavy atom. The quantitative estimate of drug-likeness (QED) is 0.663. The Hall–Kier alpha value is -0.830. The van der Waals surface area contributed by atoms with Gasteiger partial charge in [-0.25, -0.2) is 0 Å². The molecule has 0 bridgehead atoms. The van der Waals surface area contributed by atoms with Gasteiger partial charge in [-0.1, -0.05) is 6.07 Å². The second kappa shape index (κ2) is 5.87. The number of phenolic OH excluding ortho intramolecular Hbond substituents is 1. The van der Waals surface area contributed by atoms with Crippen LogP contribution in [0.4, 0.5) is 5.69 Å². The molecule has 3 nitrogen and oxygen atoms in total. The minimum Gasteiger partial charge on any atom is -0.507 e. The Kier molecular flexibility index (Phi) is 4.44. The number of rotatable bonds is 2. The van der Waals surface area contributed by atoms with Gasteiger partial charge < -0.3 is 10.4 Å². The largest absolute Gasteiger partial charge is 0.507 e. The van der Waals surface area contributed by atoms with Crippen molar-refractivity contribution in [1.82, 2.24) is 0 Å². The normalized spacial score (nSPS) is 10.1. The molecule has 0 atom stereocenters. The van der Waals surface area contributed by atoms with E-state index in [2.05, 4.69) is 27.9 Å².